The number of alkyl halides is 1. The van der Waals surface area contributed by atoms with Crippen LogP contribution < -0.4 is 0 Å². The molecule has 0 bridgehead atoms. The average molecular weight is 261 g/mol. The largest absolute Gasteiger partial charge is 0.465 e. The van der Waals surface area contributed by atoms with Gasteiger partial charge in [0, 0.05) is 0 Å². The molecular weight excluding hydrogens is 249 g/mol. The van der Waals surface area contributed by atoms with Gasteiger partial charge in [0.2, 0.25) is 0 Å². The smallest absolute Gasteiger partial charge is 0.341 e. The predicted octanol–water partition coefficient (Wildman–Crippen LogP) is 1.63. The van der Waals surface area contributed by atoms with Crippen LogP contribution in [-0.4, -0.2) is 31.1 Å². The van der Waals surface area contributed by atoms with Crippen molar-refractivity contribution in [2.75, 3.05) is 13.7 Å². The Morgan fingerprint density at radius 2 is 2.05 bits per heavy atom. The number of hydrogen-bond donors (Lipinski definition) is 0. The lowest BCUT2D eigenvalue weighted by atomic mass is 10.0. The molecule has 4 nitrogen and oxygen atoms in total. The maximum Gasteiger partial charge on any atom is 0.341 e. The lowest BCUT2D eigenvalue weighted by Gasteiger charge is -2.11. The zero-order valence-electron chi connectivity index (χ0n) is 10.4. The van der Waals surface area contributed by atoms with Gasteiger partial charge in [0.05, 0.1) is 12.8 Å². The lowest BCUT2D eigenvalue weighted by Crippen LogP contribution is -2.22. The molecule has 1 aromatic carbocycles. The number of nitrogens with zero attached hydrogens (tertiary/aromatic N) is 1. The molecule has 0 atom stereocenters. The van der Waals surface area contributed by atoms with Gasteiger partial charge in [0.1, 0.15) is 18.8 Å². The molecule has 0 unspecified atom stereocenters. The lowest BCUT2D eigenvalue weighted by molar-refractivity contribution is -0.137. The summed E-state index contributed by atoms with van der Waals surface area (Å²) in [5.41, 5.74) is 1.80. The van der Waals surface area contributed by atoms with Gasteiger partial charge in [-0.1, -0.05) is 24.3 Å². The van der Waals surface area contributed by atoms with Gasteiger partial charge < -0.3 is 4.74 Å². The van der Waals surface area contributed by atoms with Crippen molar-refractivity contribution in [1.29, 1.82) is 0 Å². The maximum atomic E-state index is 12.4. The van der Waals surface area contributed by atoms with Crippen LogP contribution in [0.3, 0.4) is 0 Å². The molecule has 1 aliphatic heterocycles. The fourth-order valence-corrected chi connectivity index (χ4v) is 1.73. The molecule has 0 N–H and O–H groups in total. The number of ketones is 1. The molecule has 98 valence electrons. The molecule has 1 aliphatic rings. The standard InChI is InChI=1S/C14H12FNO3/c1-19-14(18)11-6-12(16-8-13(11)17)10-4-2-9(7-15)3-5-10/h2-6H,7-8H2,1H3. The molecule has 0 radical (unpaired) electrons. The minimum atomic E-state index is -0.669. The van der Waals surface area contributed by atoms with Crippen LogP contribution in [0.2, 0.25) is 0 Å². The zero-order valence-corrected chi connectivity index (χ0v) is 10.4. The summed E-state index contributed by atoms with van der Waals surface area (Å²) >= 11 is 0. The molecule has 0 aromatic heterocycles. The molecule has 0 spiro atoms. The second kappa shape index (κ2) is 5.56. The number of carbonyl (C=O) groups excluding carboxylic acids is 2. The Hall–Kier alpha value is -2.30. The fraction of sp³-hybridized carbons (Fsp3) is 0.214. The van der Waals surface area contributed by atoms with E-state index in [1.807, 2.05) is 0 Å². The van der Waals surface area contributed by atoms with Crippen molar-refractivity contribution in [2.24, 2.45) is 4.99 Å². The number of methoxy groups -OCH3 is 1. The first-order valence-electron chi connectivity index (χ1n) is 5.68. The third-order valence-electron chi connectivity index (χ3n) is 2.78. The Kier molecular flexibility index (Phi) is 3.85. The van der Waals surface area contributed by atoms with Crippen LogP contribution in [0.25, 0.3) is 0 Å². The maximum absolute atomic E-state index is 12.4. The Bertz CT molecular complexity index is 573. The number of halogens is 1. The third-order valence-corrected chi connectivity index (χ3v) is 2.78. The first-order chi connectivity index (χ1) is 9.15. The summed E-state index contributed by atoms with van der Waals surface area (Å²) in [6, 6.07) is 6.68. The predicted molar refractivity (Wildman–Crippen MR) is 67.8 cm³/mol. The van der Waals surface area contributed by atoms with Gasteiger partial charge in [-0.05, 0) is 17.2 Å². The van der Waals surface area contributed by atoms with Crippen molar-refractivity contribution < 1.29 is 18.7 Å². The second-order valence-electron chi connectivity index (χ2n) is 4.00. The number of allylic oxidation sites excluding steroid dienone is 1. The van der Waals surface area contributed by atoms with Crippen LogP contribution in [0.15, 0.2) is 40.9 Å². The van der Waals surface area contributed by atoms with E-state index in [1.165, 1.54) is 13.2 Å². The molecule has 19 heavy (non-hydrogen) atoms. The summed E-state index contributed by atoms with van der Waals surface area (Å²) in [6.07, 6.45) is 1.40. The number of ether oxygens (including phenoxy) is 1. The first-order valence-corrected chi connectivity index (χ1v) is 5.68. The number of hydrogen-bond acceptors (Lipinski definition) is 4. The zero-order chi connectivity index (χ0) is 13.8. The monoisotopic (exact) mass is 261 g/mol. The van der Waals surface area contributed by atoms with Crippen LogP contribution >= 0.6 is 0 Å². The fourth-order valence-electron chi connectivity index (χ4n) is 1.73. The molecule has 2 rings (SSSR count). The summed E-state index contributed by atoms with van der Waals surface area (Å²) in [5, 5.41) is 0. The summed E-state index contributed by atoms with van der Waals surface area (Å²) < 4.78 is 17.0. The third kappa shape index (κ3) is 2.76. The molecule has 0 fully saturated rings. The molecular formula is C14H12FNO3. The van der Waals surface area contributed by atoms with E-state index >= 15 is 0 Å². The number of esters is 1. The van der Waals surface area contributed by atoms with Gasteiger partial charge in [-0.3, -0.25) is 9.79 Å². The highest BCUT2D eigenvalue weighted by Crippen LogP contribution is 2.14. The van der Waals surface area contributed by atoms with Crippen LogP contribution in [0.4, 0.5) is 4.39 Å². The topological polar surface area (TPSA) is 55.7 Å². The highest BCUT2D eigenvalue weighted by molar-refractivity contribution is 6.26. The Balaban J connectivity index is 2.32. The normalized spacial score (nSPS) is 14.7. The Labute approximate surface area is 109 Å². The van der Waals surface area contributed by atoms with Gasteiger partial charge in [-0.15, -0.1) is 0 Å². The molecule has 0 saturated heterocycles. The Morgan fingerprint density at radius 1 is 1.37 bits per heavy atom. The molecule has 0 aliphatic carbocycles. The van der Waals surface area contributed by atoms with Gasteiger partial charge >= 0.3 is 5.97 Å². The van der Waals surface area contributed by atoms with Gasteiger partial charge in [-0.25, -0.2) is 9.18 Å². The van der Waals surface area contributed by atoms with Crippen LogP contribution in [0, 0.1) is 0 Å². The summed E-state index contributed by atoms with van der Waals surface area (Å²) in [4.78, 5) is 27.1. The van der Waals surface area contributed by atoms with Crippen LogP contribution in [0.1, 0.15) is 11.1 Å². The highest BCUT2D eigenvalue weighted by atomic mass is 19.1. The van der Waals surface area contributed by atoms with E-state index in [4.69, 9.17) is 0 Å². The molecule has 1 heterocycles. The Morgan fingerprint density at radius 3 is 2.63 bits per heavy atom. The number of carbonyl (C=O) groups is 2. The molecule has 0 saturated carbocycles. The van der Waals surface area contributed by atoms with Crippen molar-refractivity contribution in [3.05, 3.63) is 47.0 Å². The SMILES string of the molecule is COC(=O)C1=CC(c2ccc(CF)cc2)=NCC1=O. The van der Waals surface area contributed by atoms with E-state index in [-0.39, 0.29) is 17.9 Å². The van der Waals surface area contributed by atoms with Crippen LogP contribution in [0.5, 0.6) is 0 Å². The average Bonchev–Trinajstić information content (AvgIpc) is 2.47. The van der Waals surface area contributed by atoms with E-state index in [1.54, 1.807) is 24.3 Å². The van der Waals surface area contributed by atoms with E-state index < -0.39 is 12.6 Å². The number of aliphatic imine (C=N–C) groups is 1. The minimum absolute atomic E-state index is 0.0120. The number of Topliss-reactive ketones (excluding diaryl/α,β-unsaturated/α-hetero) is 1. The van der Waals surface area contributed by atoms with Gasteiger partial charge in [0.25, 0.3) is 0 Å². The van der Waals surface area contributed by atoms with Gasteiger partial charge in [-0.2, -0.15) is 0 Å². The van der Waals surface area contributed by atoms with E-state index in [0.717, 1.165) is 5.56 Å². The van der Waals surface area contributed by atoms with E-state index in [2.05, 4.69) is 9.73 Å². The van der Waals surface area contributed by atoms with Crippen molar-refractivity contribution in [3.63, 3.8) is 0 Å². The summed E-state index contributed by atoms with van der Waals surface area (Å²) in [7, 11) is 1.22. The second-order valence-corrected chi connectivity index (χ2v) is 4.00. The molecule has 1 aromatic rings. The molecule has 0 amide bonds. The number of rotatable bonds is 3. The highest BCUT2D eigenvalue weighted by Gasteiger charge is 2.23. The van der Waals surface area contributed by atoms with Crippen molar-refractivity contribution in [1.82, 2.24) is 0 Å². The van der Waals surface area contributed by atoms with Gasteiger partial charge in [0.15, 0.2) is 5.78 Å². The first kappa shape index (κ1) is 13.1. The number of benzene rings is 1. The van der Waals surface area contributed by atoms with E-state index in [0.29, 0.717) is 11.3 Å². The molecule has 5 heteroatoms. The van der Waals surface area contributed by atoms with Crippen molar-refractivity contribution >= 4 is 17.5 Å². The quantitative estimate of drug-likeness (QED) is 0.613. The summed E-state index contributed by atoms with van der Waals surface area (Å²) in [6.45, 7) is -0.615. The van der Waals surface area contributed by atoms with Crippen molar-refractivity contribution in [3.8, 4) is 0 Å². The van der Waals surface area contributed by atoms with E-state index in [9.17, 15) is 14.0 Å². The van der Waals surface area contributed by atoms with Crippen LogP contribution in [-0.2, 0) is 21.0 Å². The number of dihydropyridines is 1. The summed E-state index contributed by atoms with van der Waals surface area (Å²) in [5.74, 6) is -1.03. The minimum Gasteiger partial charge on any atom is -0.465 e. The van der Waals surface area contributed by atoms with Crippen molar-refractivity contribution in [2.45, 2.75) is 6.67 Å².